The molecule has 20 heavy (non-hydrogen) atoms. The Hall–Kier alpha value is -2.13. The smallest absolute Gasteiger partial charge is 0.343 e. The van der Waals surface area contributed by atoms with Crippen molar-refractivity contribution in [3.63, 3.8) is 0 Å². The highest BCUT2D eigenvalue weighted by Gasteiger charge is 2.18. The van der Waals surface area contributed by atoms with E-state index in [1.54, 1.807) is 12.1 Å². The van der Waals surface area contributed by atoms with Gasteiger partial charge in [-0.05, 0) is 55.3 Å². The van der Waals surface area contributed by atoms with E-state index in [0.29, 0.717) is 17.4 Å². The van der Waals surface area contributed by atoms with E-state index in [0.717, 1.165) is 13.0 Å². The van der Waals surface area contributed by atoms with Gasteiger partial charge in [-0.3, -0.25) is 0 Å². The largest absolute Gasteiger partial charge is 0.423 e. The van der Waals surface area contributed by atoms with Crippen molar-refractivity contribution in [3.8, 4) is 5.75 Å². The van der Waals surface area contributed by atoms with Gasteiger partial charge in [0.25, 0.3) is 0 Å². The normalized spacial score (nSPS) is 17.4. The van der Waals surface area contributed by atoms with Gasteiger partial charge >= 0.3 is 5.97 Å². The van der Waals surface area contributed by atoms with Gasteiger partial charge < -0.3 is 10.1 Å². The fourth-order valence-electron chi connectivity index (χ4n) is 2.56. The summed E-state index contributed by atoms with van der Waals surface area (Å²) in [4.78, 5) is 12.1. The first-order valence-corrected chi connectivity index (χ1v) is 6.87. The second kappa shape index (κ2) is 5.47. The molecule has 0 aliphatic carbocycles. The van der Waals surface area contributed by atoms with E-state index < -0.39 is 0 Å². The molecule has 3 heteroatoms. The molecule has 0 amide bonds. The molecule has 0 fully saturated rings. The molecule has 1 atom stereocenters. The molecular weight excluding hydrogens is 250 g/mol. The zero-order chi connectivity index (χ0) is 13.9. The fourth-order valence-corrected chi connectivity index (χ4v) is 2.56. The lowest BCUT2D eigenvalue weighted by atomic mass is 9.93. The second-order valence-corrected chi connectivity index (χ2v) is 5.04. The van der Waals surface area contributed by atoms with E-state index in [1.807, 2.05) is 36.4 Å². The van der Waals surface area contributed by atoms with Crippen LogP contribution in [0.2, 0.25) is 0 Å². The Morgan fingerprint density at radius 1 is 1.20 bits per heavy atom. The van der Waals surface area contributed by atoms with Crippen LogP contribution < -0.4 is 10.1 Å². The van der Waals surface area contributed by atoms with E-state index in [-0.39, 0.29) is 5.97 Å². The average Bonchev–Trinajstić information content (AvgIpc) is 2.48. The van der Waals surface area contributed by atoms with E-state index >= 15 is 0 Å². The SMILES string of the molecule is CC1NCCc2cc(C(=O)Oc3ccccc3)ccc21. The first kappa shape index (κ1) is 12.9. The fraction of sp³-hybridized carbons (Fsp3) is 0.235. The van der Waals surface area contributed by atoms with Crippen LogP contribution in [0.15, 0.2) is 48.5 Å². The minimum atomic E-state index is -0.301. The molecule has 0 saturated carbocycles. The summed E-state index contributed by atoms with van der Waals surface area (Å²) in [5, 5.41) is 3.41. The molecule has 0 bridgehead atoms. The van der Waals surface area contributed by atoms with Crippen molar-refractivity contribution in [1.82, 2.24) is 5.32 Å². The number of hydrogen-bond acceptors (Lipinski definition) is 3. The Kier molecular flexibility index (Phi) is 3.52. The van der Waals surface area contributed by atoms with Crippen molar-refractivity contribution >= 4 is 5.97 Å². The molecule has 3 rings (SSSR count). The van der Waals surface area contributed by atoms with Crippen molar-refractivity contribution in [2.75, 3.05) is 6.54 Å². The number of rotatable bonds is 2. The van der Waals surface area contributed by atoms with Crippen molar-refractivity contribution in [2.45, 2.75) is 19.4 Å². The zero-order valence-corrected chi connectivity index (χ0v) is 11.4. The maximum absolute atomic E-state index is 12.1. The molecule has 1 N–H and O–H groups in total. The quantitative estimate of drug-likeness (QED) is 0.671. The van der Waals surface area contributed by atoms with Crippen LogP contribution >= 0.6 is 0 Å². The van der Waals surface area contributed by atoms with E-state index in [9.17, 15) is 4.79 Å². The second-order valence-electron chi connectivity index (χ2n) is 5.04. The number of carbonyl (C=O) groups is 1. The highest BCUT2D eigenvalue weighted by atomic mass is 16.5. The zero-order valence-electron chi connectivity index (χ0n) is 11.4. The molecule has 0 radical (unpaired) electrons. The van der Waals surface area contributed by atoms with Gasteiger partial charge in [-0.15, -0.1) is 0 Å². The summed E-state index contributed by atoms with van der Waals surface area (Å²) in [7, 11) is 0. The number of hydrogen-bond donors (Lipinski definition) is 1. The summed E-state index contributed by atoms with van der Waals surface area (Å²) >= 11 is 0. The average molecular weight is 267 g/mol. The predicted octanol–water partition coefficient (Wildman–Crippen LogP) is 3.11. The summed E-state index contributed by atoms with van der Waals surface area (Å²) in [6.07, 6.45) is 0.951. The Labute approximate surface area is 118 Å². The number of nitrogens with one attached hydrogen (secondary N) is 1. The van der Waals surface area contributed by atoms with Crippen LogP contribution in [-0.4, -0.2) is 12.5 Å². The van der Waals surface area contributed by atoms with Crippen LogP contribution in [0, 0.1) is 0 Å². The van der Waals surface area contributed by atoms with Gasteiger partial charge in [0.05, 0.1) is 5.56 Å². The van der Waals surface area contributed by atoms with Gasteiger partial charge in [-0.1, -0.05) is 24.3 Å². The highest BCUT2D eigenvalue weighted by Crippen LogP contribution is 2.24. The first-order valence-electron chi connectivity index (χ1n) is 6.87. The molecule has 1 aliphatic rings. The summed E-state index contributed by atoms with van der Waals surface area (Å²) < 4.78 is 5.36. The Balaban J connectivity index is 1.82. The third kappa shape index (κ3) is 2.58. The molecule has 3 nitrogen and oxygen atoms in total. The number of ether oxygens (including phenoxy) is 1. The van der Waals surface area contributed by atoms with Gasteiger partial charge in [-0.2, -0.15) is 0 Å². The molecule has 2 aromatic carbocycles. The van der Waals surface area contributed by atoms with Crippen molar-refractivity contribution in [1.29, 1.82) is 0 Å². The Bertz CT molecular complexity index is 622. The van der Waals surface area contributed by atoms with Crippen LogP contribution in [0.5, 0.6) is 5.75 Å². The van der Waals surface area contributed by atoms with Gasteiger partial charge in [0.1, 0.15) is 5.75 Å². The van der Waals surface area contributed by atoms with E-state index in [2.05, 4.69) is 12.2 Å². The van der Waals surface area contributed by atoms with Crippen LogP contribution in [0.3, 0.4) is 0 Å². The summed E-state index contributed by atoms with van der Waals surface area (Å²) in [6.45, 7) is 3.09. The molecule has 0 saturated heterocycles. The lowest BCUT2D eigenvalue weighted by molar-refractivity contribution is 0.0734. The number of fused-ring (bicyclic) bond motifs is 1. The summed E-state index contributed by atoms with van der Waals surface area (Å²) in [5.74, 6) is 0.274. The minimum absolute atomic E-state index is 0.301. The number of esters is 1. The maximum atomic E-state index is 12.1. The van der Waals surface area contributed by atoms with E-state index in [4.69, 9.17) is 4.74 Å². The van der Waals surface area contributed by atoms with Gasteiger partial charge in [0, 0.05) is 6.04 Å². The maximum Gasteiger partial charge on any atom is 0.343 e. The highest BCUT2D eigenvalue weighted by molar-refractivity contribution is 5.91. The lowest BCUT2D eigenvalue weighted by Crippen LogP contribution is -2.28. The third-order valence-corrected chi connectivity index (χ3v) is 3.64. The standard InChI is InChI=1S/C17H17NO2/c1-12-16-8-7-14(11-13(16)9-10-18-12)17(19)20-15-5-3-2-4-6-15/h2-8,11-12,18H,9-10H2,1H3. The summed E-state index contributed by atoms with van der Waals surface area (Å²) in [6, 6.07) is 15.3. The molecule has 0 spiro atoms. The van der Waals surface area contributed by atoms with Crippen LogP contribution in [0.1, 0.15) is 34.5 Å². The predicted molar refractivity (Wildman–Crippen MR) is 78.0 cm³/mol. The third-order valence-electron chi connectivity index (χ3n) is 3.64. The molecule has 1 unspecified atom stereocenters. The number of benzene rings is 2. The van der Waals surface area contributed by atoms with Crippen LogP contribution in [0.4, 0.5) is 0 Å². The molecule has 0 aromatic heterocycles. The van der Waals surface area contributed by atoms with Gasteiger partial charge in [0.2, 0.25) is 0 Å². The van der Waals surface area contributed by atoms with E-state index in [1.165, 1.54) is 11.1 Å². The van der Waals surface area contributed by atoms with Gasteiger partial charge in [0.15, 0.2) is 0 Å². The lowest BCUT2D eigenvalue weighted by Gasteiger charge is -2.24. The molecule has 1 aliphatic heterocycles. The topological polar surface area (TPSA) is 38.3 Å². The van der Waals surface area contributed by atoms with Crippen molar-refractivity contribution < 1.29 is 9.53 Å². The monoisotopic (exact) mass is 267 g/mol. The molecule has 1 heterocycles. The Morgan fingerprint density at radius 2 is 2.00 bits per heavy atom. The van der Waals surface area contributed by atoms with Crippen molar-refractivity contribution in [2.24, 2.45) is 0 Å². The van der Waals surface area contributed by atoms with Gasteiger partial charge in [-0.25, -0.2) is 4.79 Å². The number of para-hydroxylation sites is 1. The Morgan fingerprint density at radius 3 is 2.80 bits per heavy atom. The molecule has 102 valence electrons. The van der Waals surface area contributed by atoms with Crippen LogP contribution in [0.25, 0.3) is 0 Å². The van der Waals surface area contributed by atoms with Crippen molar-refractivity contribution in [3.05, 3.63) is 65.2 Å². The minimum Gasteiger partial charge on any atom is -0.423 e. The molecule has 2 aromatic rings. The molecular formula is C17H17NO2. The van der Waals surface area contributed by atoms with Crippen LogP contribution in [-0.2, 0) is 6.42 Å². The number of carbonyl (C=O) groups excluding carboxylic acids is 1. The summed E-state index contributed by atoms with van der Waals surface area (Å²) in [5.41, 5.74) is 3.12. The first-order chi connectivity index (χ1) is 9.74.